The number of hydrogen-bond donors (Lipinski definition) is 0. The summed E-state index contributed by atoms with van der Waals surface area (Å²) < 4.78 is 10.9. The minimum atomic E-state index is -0.0645. The Kier molecular flexibility index (Phi) is 7.01. The maximum absolute atomic E-state index is 12.9. The van der Waals surface area contributed by atoms with Crippen molar-refractivity contribution in [2.24, 2.45) is 0 Å². The third-order valence-electron chi connectivity index (χ3n) is 4.35. The average molecular weight is 413 g/mol. The molecule has 0 aliphatic heterocycles. The second-order valence-corrected chi connectivity index (χ2v) is 7.85. The summed E-state index contributed by atoms with van der Waals surface area (Å²) >= 11 is 7.54. The zero-order valence-corrected chi connectivity index (χ0v) is 17.3. The number of carbonyl (C=O) groups excluding carboxylic acids is 1. The van der Waals surface area contributed by atoms with Crippen molar-refractivity contribution in [1.29, 1.82) is 0 Å². The zero-order chi connectivity index (χ0) is 19.9. The van der Waals surface area contributed by atoms with Gasteiger partial charge in [-0.15, -0.1) is 11.8 Å². The first-order valence-corrected chi connectivity index (χ1v) is 10.1. The van der Waals surface area contributed by atoms with E-state index in [2.05, 4.69) is 0 Å². The highest BCUT2D eigenvalue weighted by molar-refractivity contribution is 7.99. The Balaban J connectivity index is 1.90. The summed E-state index contributed by atoms with van der Waals surface area (Å²) in [6.45, 7) is 0. The number of Topliss-reactive ketones (excluding diaryl/α,β-unsaturated/α-hetero) is 1. The van der Waals surface area contributed by atoms with E-state index in [-0.39, 0.29) is 11.0 Å². The zero-order valence-electron chi connectivity index (χ0n) is 15.7. The van der Waals surface area contributed by atoms with Gasteiger partial charge in [0.15, 0.2) is 5.78 Å². The number of halogens is 1. The first-order chi connectivity index (χ1) is 13.6. The van der Waals surface area contributed by atoms with Crippen molar-refractivity contribution in [2.75, 3.05) is 14.2 Å². The van der Waals surface area contributed by atoms with E-state index in [1.807, 2.05) is 48.5 Å². The highest BCUT2D eigenvalue weighted by Gasteiger charge is 2.21. The Morgan fingerprint density at radius 2 is 1.68 bits per heavy atom. The van der Waals surface area contributed by atoms with E-state index in [4.69, 9.17) is 21.1 Å². The second-order valence-electron chi connectivity index (χ2n) is 6.17. The average Bonchev–Trinajstić information content (AvgIpc) is 2.74. The Bertz CT molecular complexity index is 926. The molecule has 3 rings (SSSR count). The molecule has 0 amide bonds. The molecule has 0 aliphatic rings. The summed E-state index contributed by atoms with van der Waals surface area (Å²) in [5, 5.41) is 0.553. The first kappa shape index (κ1) is 20.3. The van der Waals surface area contributed by atoms with Crippen LogP contribution in [0.3, 0.4) is 0 Å². The number of rotatable bonds is 8. The van der Waals surface area contributed by atoms with Gasteiger partial charge in [-0.2, -0.15) is 0 Å². The van der Waals surface area contributed by atoms with Crippen molar-refractivity contribution in [3.05, 3.63) is 88.9 Å². The molecule has 144 valence electrons. The summed E-state index contributed by atoms with van der Waals surface area (Å²) in [5.41, 5.74) is 1.74. The van der Waals surface area contributed by atoms with E-state index in [1.165, 1.54) is 0 Å². The van der Waals surface area contributed by atoms with Gasteiger partial charge >= 0.3 is 0 Å². The SMILES string of the molecule is COc1ccc(OC)c(S[C@H](CC(=O)c2ccc(Cl)cc2)c2ccccc2)c1. The van der Waals surface area contributed by atoms with Gasteiger partial charge in [0.2, 0.25) is 0 Å². The van der Waals surface area contributed by atoms with Gasteiger partial charge in [-0.3, -0.25) is 4.79 Å². The lowest BCUT2D eigenvalue weighted by molar-refractivity contribution is 0.0982. The quantitative estimate of drug-likeness (QED) is 0.314. The highest BCUT2D eigenvalue weighted by Crippen LogP contribution is 2.43. The standard InChI is InChI=1S/C23H21ClO3S/c1-26-19-12-13-21(27-2)23(14-19)28-22(17-6-4-3-5-7-17)15-20(25)16-8-10-18(24)11-9-16/h3-14,22H,15H2,1-2H3/t22-/m1/s1. The fraction of sp³-hybridized carbons (Fsp3) is 0.174. The molecule has 3 aromatic carbocycles. The van der Waals surface area contributed by atoms with Crippen molar-refractivity contribution in [1.82, 2.24) is 0 Å². The van der Waals surface area contributed by atoms with Gasteiger partial charge in [0.25, 0.3) is 0 Å². The maximum atomic E-state index is 12.9. The van der Waals surface area contributed by atoms with Crippen LogP contribution >= 0.6 is 23.4 Å². The summed E-state index contributed by atoms with van der Waals surface area (Å²) in [6.07, 6.45) is 0.358. The monoisotopic (exact) mass is 412 g/mol. The van der Waals surface area contributed by atoms with E-state index in [1.54, 1.807) is 50.2 Å². The summed E-state index contributed by atoms with van der Waals surface area (Å²) in [6, 6.07) is 22.7. The predicted molar refractivity (Wildman–Crippen MR) is 115 cm³/mol. The number of hydrogen-bond acceptors (Lipinski definition) is 4. The summed E-state index contributed by atoms with van der Waals surface area (Å²) in [5.74, 6) is 1.57. The number of methoxy groups -OCH3 is 2. The van der Waals surface area contributed by atoms with Crippen LogP contribution in [-0.4, -0.2) is 20.0 Å². The van der Waals surface area contributed by atoms with Crippen LogP contribution in [0.5, 0.6) is 11.5 Å². The minimum absolute atomic E-state index is 0.0645. The third kappa shape index (κ3) is 5.09. The molecule has 0 unspecified atom stereocenters. The number of thioether (sulfide) groups is 1. The van der Waals surface area contributed by atoms with Crippen LogP contribution < -0.4 is 9.47 Å². The normalized spacial score (nSPS) is 11.7. The Labute approximate surface area is 174 Å². The van der Waals surface area contributed by atoms with E-state index < -0.39 is 0 Å². The summed E-state index contributed by atoms with van der Waals surface area (Å²) in [7, 11) is 3.28. The van der Waals surface area contributed by atoms with Crippen molar-refractivity contribution in [3.63, 3.8) is 0 Å². The molecule has 0 heterocycles. The van der Waals surface area contributed by atoms with Crippen LogP contribution in [0.15, 0.2) is 77.7 Å². The van der Waals surface area contributed by atoms with Gasteiger partial charge in [-0.25, -0.2) is 0 Å². The third-order valence-corrected chi connectivity index (χ3v) is 5.90. The predicted octanol–water partition coefficient (Wildman–Crippen LogP) is 6.46. The molecule has 0 bridgehead atoms. The fourth-order valence-corrected chi connectivity index (χ4v) is 4.26. The molecular formula is C23H21ClO3S. The van der Waals surface area contributed by atoms with Crippen LogP contribution in [0.1, 0.15) is 27.6 Å². The van der Waals surface area contributed by atoms with E-state index in [9.17, 15) is 4.79 Å². The largest absolute Gasteiger partial charge is 0.497 e. The molecule has 0 radical (unpaired) electrons. The number of ketones is 1. The molecular weight excluding hydrogens is 392 g/mol. The molecule has 0 N–H and O–H groups in total. The lowest BCUT2D eigenvalue weighted by Crippen LogP contribution is -2.06. The molecule has 0 aromatic heterocycles. The Morgan fingerprint density at radius 1 is 0.964 bits per heavy atom. The lowest BCUT2D eigenvalue weighted by Gasteiger charge is -2.19. The Hall–Kier alpha value is -2.43. The van der Waals surface area contributed by atoms with Crippen LogP contribution in [0.4, 0.5) is 0 Å². The molecule has 5 heteroatoms. The van der Waals surface area contributed by atoms with Crippen LogP contribution in [0, 0.1) is 0 Å². The van der Waals surface area contributed by atoms with E-state index in [0.29, 0.717) is 17.0 Å². The number of carbonyl (C=O) groups is 1. The van der Waals surface area contributed by atoms with Crippen molar-refractivity contribution in [3.8, 4) is 11.5 Å². The van der Waals surface area contributed by atoms with Crippen LogP contribution in [0.2, 0.25) is 5.02 Å². The molecule has 0 spiro atoms. The highest BCUT2D eigenvalue weighted by atomic mass is 35.5. The topological polar surface area (TPSA) is 35.5 Å². The first-order valence-electron chi connectivity index (χ1n) is 8.83. The minimum Gasteiger partial charge on any atom is -0.497 e. The summed E-state index contributed by atoms with van der Waals surface area (Å²) in [4.78, 5) is 13.8. The molecule has 0 saturated heterocycles. The number of benzene rings is 3. The van der Waals surface area contributed by atoms with Crippen LogP contribution in [0.25, 0.3) is 0 Å². The van der Waals surface area contributed by atoms with Gasteiger partial charge in [0.05, 0.1) is 19.1 Å². The van der Waals surface area contributed by atoms with Gasteiger partial charge in [0.1, 0.15) is 11.5 Å². The smallest absolute Gasteiger partial charge is 0.164 e. The van der Waals surface area contributed by atoms with Gasteiger partial charge < -0.3 is 9.47 Å². The van der Waals surface area contributed by atoms with Gasteiger partial charge in [0, 0.05) is 22.3 Å². The molecule has 3 nitrogen and oxygen atoms in total. The van der Waals surface area contributed by atoms with Crippen LogP contribution in [-0.2, 0) is 0 Å². The molecule has 3 aromatic rings. The maximum Gasteiger partial charge on any atom is 0.164 e. The van der Waals surface area contributed by atoms with Gasteiger partial charge in [-0.1, -0.05) is 41.9 Å². The molecule has 0 saturated carbocycles. The van der Waals surface area contributed by atoms with E-state index >= 15 is 0 Å². The van der Waals surface area contributed by atoms with Gasteiger partial charge in [-0.05, 0) is 48.0 Å². The molecule has 28 heavy (non-hydrogen) atoms. The molecule has 1 atom stereocenters. The fourth-order valence-electron chi connectivity index (χ4n) is 2.85. The van der Waals surface area contributed by atoms with E-state index in [0.717, 1.165) is 22.0 Å². The Morgan fingerprint density at radius 3 is 2.32 bits per heavy atom. The molecule has 0 aliphatic carbocycles. The lowest BCUT2D eigenvalue weighted by atomic mass is 10.0. The van der Waals surface area contributed by atoms with Crippen molar-refractivity contribution < 1.29 is 14.3 Å². The second kappa shape index (κ2) is 9.67. The van der Waals surface area contributed by atoms with Crippen molar-refractivity contribution in [2.45, 2.75) is 16.6 Å². The van der Waals surface area contributed by atoms with Crippen molar-refractivity contribution >= 4 is 29.1 Å². The number of ether oxygens (including phenoxy) is 2. The molecule has 0 fully saturated rings.